The van der Waals surface area contributed by atoms with Crippen LogP contribution in [-0.2, 0) is 0 Å². The monoisotopic (exact) mass is 308 g/mol. The number of methoxy groups -OCH3 is 1. The van der Waals surface area contributed by atoms with Gasteiger partial charge in [-0.25, -0.2) is 0 Å². The van der Waals surface area contributed by atoms with Crippen LogP contribution in [-0.4, -0.2) is 16.9 Å². The zero-order valence-corrected chi connectivity index (χ0v) is 13.5. The molecule has 0 radical (unpaired) electrons. The number of rotatable bonds is 4. The third-order valence-corrected chi connectivity index (χ3v) is 3.88. The number of ether oxygens (including phenoxy) is 1. The molecule has 2 aromatic carbocycles. The summed E-state index contributed by atoms with van der Waals surface area (Å²) < 4.78 is 7.07. The minimum atomic E-state index is -0.0734. The van der Waals surface area contributed by atoms with Gasteiger partial charge in [0.1, 0.15) is 5.75 Å². The number of hydrogen-bond donors (Lipinski definition) is 1. The second-order valence-corrected chi connectivity index (χ2v) is 5.76. The van der Waals surface area contributed by atoms with Crippen molar-refractivity contribution >= 4 is 0 Å². The van der Waals surface area contributed by atoms with Gasteiger partial charge in [0.2, 0.25) is 0 Å². The molecule has 0 spiro atoms. The molecular weight excluding hydrogens is 288 g/mol. The van der Waals surface area contributed by atoms with E-state index in [4.69, 9.17) is 4.74 Å². The number of benzene rings is 2. The van der Waals surface area contributed by atoms with Gasteiger partial charge in [-0.05, 0) is 35.7 Å². The Bertz CT molecular complexity index is 843. The lowest BCUT2D eigenvalue weighted by molar-refractivity contribution is 0.414. The first-order chi connectivity index (χ1) is 11.1. The Morgan fingerprint density at radius 1 is 1.00 bits per heavy atom. The minimum absolute atomic E-state index is 0.0734. The maximum Gasteiger partial charge on any atom is 0.272 e. The summed E-state index contributed by atoms with van der Waals surface area (Å²) in [6.45, 7) is 4.18. The second kappa shape index (κ2) is 6.16. The predicted octanol–water partition coefficient (Wildman–Crippen LogP) is 3.96. The van der Waals surface area contributed by atoms with Gasteiger partial charge in [0.15, 0.2) is 0 Å². The van der Waals surface area contributed by atoms with Gasteiger partial charge >= 0.3 is 0 Å². The molecule has 4 nitrogen and oxygen atoms in total. The molecule has 0 aliphatic carbocycles. The number of H-pyrrole nitrogens is 1. The summed E-state index contributed by atoms with van der Waals surface area (Å²) in [5, 5.41) is 2.97. The van der Waals surface area contributed by atoms with Crippen molar-refractivity contribution < 1.29 is 4.74 Å². The van der Waals surface area contributed by atoms with Crippen LogP contribution >= 0.6 is 0 Å². The summed E-state index contributed by atoms with van der Waals surface area (Å²) in [4.78, 5) is 12.6. The standard InChI is InChI=1S/C19H20N2O2/c1-13(2)18-17(14-7-5-4-6-8-14)19(22)20-21(18)15-9-11-16(23-3)12-10-15/h4-13H,1-3H3,(H,20,22). The van der Waals surface area contributed by atoms with E-state index in [2.05, 4.69) is 18.9 Å². The van der Waals surface area contributed by atoms with Crippen LogP contribution in [0.5, 0.6) is 5.75 Å². The van der Waals surface area contributed by atoms with Crippen LogP contribution in [0.15, 0.2) is 59.4 Å². The lowest BCUT2D eigenvalue weighted by atomic mass is 9.99. The molecule has 118 valence electrons. The van der Waals surface area contributed by atoms with Crippen molar-refractivity contribution in [3.8, 4) is 22.6 Å². The highest BCUT2D eigenvalue weighted by atomic mass is 16.5. The quantitative estimate of drug-likeness (QED) is 0.793. The molecule has 0 amide bonds. The van der Waals surface area contributed by atoms with Crippen molar-refractivity contribution in [2.24, 2.45) is 0 Å². The smallest absolute Gasteiger partial charge is 0.272 e. The molecule has 0 aliphatic heterocycles. The van der Waals surface area contributed by atoms with Crippen molar-refractivity contribution in [3.05, 3.63) is 70.6 Å². The Kier molecular flexibility index (Phi) is 4.06. The normalized spacial score (nSPS) is 11.0. The van der Waals surface area contributed by atoms with Crippen molar-refractivity contribution in [1.29, 1.82) is 0 Å². The molecule has 1 heterocycles. The molecule has 1 N–H and O–H groups in total. The van der Waals surface area contributed by atoms with Crippen molar-refractivity contribution in [1.82, 2.24) is 9.78 Å². The van der Waals surface area contributed by atoms with Gasteiger partial charge < -0.3 is 4.74 Å². The number of aromatic nitrogens is 2. The van der Waals surface area contributed by atoms with E-state index in [1.165, 1.54) is 0 Å². The average Bonchev–Trinajstić information content (AvgIpc) is 2.93. The minimum Gasteiger partial charge on any atom is -0.497 e. The highest BCUT2D eigenvalue weighted by molar-refractivity contribution is 5.66. The molecule has 0 unspecified atom stereocenters. The van der Waals surface area contributed by atoms with E-state index in [1.54, 1.807) is 7.11 Å². The van der Waals surface area contributed by atoms with Crippen LogP contribution < -0.4 is 10.3 Å². The number of hydrogen-bond acceptors (Lipinski definition) is 2. The van der Waals surface area contributed by atoms with E-state index in [0.717, 1.165) is 28.3 Å². The van der Waals surface area contributed by atoms with Crippen LogP contribution in [0.4, 0.5) is 0 Å². The second-order valence-electron chi connectivity index (χ2n) is 5.76. The van der Waals surface area contributed by atoms with Crippen LogP contribution in [0.3, 0.4) is 0 Å². The summed E-state index contributed by atoms with van der Waals surface area (Å²) in [5.74, 6) is 0.990. The van der Waals surface area contributed by atoms with Gasteiger partial charge in [0, 0.05) is 0 Å². The summed E-state index contributed by atoms with van der Waals surface area (Å²) in [6, 6.07) is 17.4. The van der Waals surface area contributed by atoms with Gasteiger partial charge in [-0.15, -0.1) is 0 Å². The lowest BCUT2D eigenvalue weighted by Gasteiger charge is -2.13. The van der Waals surface area contributed by atoms with E-state index >= 15 is 0 Å². The van der Waals surface area contributed by atoms with Crippen molar-refractivity contribution in [2.45, 2.75) is 19.8 Å². The average molecular weight is 308 g/mol. The lowest BCUT2D eigenvalue weighted by Crippen LogP contribution is -2.06. The number of nitrogens with one attached hydrogen (secondary N) is 1. The van der Waals surface area contributed by atoms with E-state index in [9.17, 15) is 4.79 Å². The van der Waals surface area contributed by atoms with E-state index < -0.39 is 0 Å². The molecule has 0 atom stereocenters. The van der Waals surface area contributed by atoms with Crippen LogP contribution in [0, 0.1) is 0 Å². The summed E-state index contributed by atoms with van der Waals surface area (Å²) in [6.07, 6.45) is 0. The molecule has 0 aliphatic rings. The van der Waals surface area contributed by atoms with Crippen LogP contribution in [0.1, 0.15) is 25.5 Å². The summed E-state index contributed by atoms with van der Waals surface area (Å²) in [7, 11) is 1.64. The summed E-state index contributed by atoms with van der Waals surface area (Å²) >= 11 is 0. The van der Waals surface area contributed by atoms with Gasteiger partial charge in [-0.3, -0.25) is 14.6 Å². The Morgan fingerprint density at radius 2 is 1.65 bits per heavy atom. The maximum atomic E-state index is 12.6. The Hall–Kier alpha value is -2.75. The van der Waals surface area contributed by atoms with Gasteiger partial charge in [0.05, 0.1) is 24.1 Å². The predicted molar refractivity (Wildman–Crippen MR) is 92.5 cm³/mol. The number of aromatic amines is 1. The van der Waals surface area contributed by atoms with E-state index in [-0.39, 0.29) is 11.5 Å². The van der Waals surface area contributed by atoms with Gasteiger partial charge in [-0.1, -0.05) is 44.2 Å². The van der Waals surface area contributed by atoms with E-state index in [0.29, 0.717) is 0 Å². The Balaban J connectivity index is 2.20. The zero-order valence-electron chi connectivity index (χ0n) is 13.5. The molecule has 0 saturated carbocycles. The molecule has 3 aromatic rings. The van der Waals surface area contributed by atoms with E-state index in [1.807, 2.05) is 59.3 Å². The molecule has 4 heteroatoms. The fourth-order valence-electron chi connectivity index (χ4n) is 2.81. The van der Waals surface area contributed by atoms with Crippen molar-refractivity contribution in [3.63, 3.8) is 0 Å². The first-order valence-corrected chi connectivity index (χ1v) is 7.66. The third kappa shape index (κ3) is 2.80. The highest BCUT2D eigenvalue weighted by Crippen LogP contribution is 2.28. The molecule has 1 aromatic heterocycles. The topological polar surface area (TPSA) is 47.0 Å². The molecule has 0 fully saturated rings. The van der Waals surface area contributed by atoms with Gasteiger partial charge in [-0.2, -0.15) is 0 Å². The van der Waals surface area contributed by atoms with Crippen LogP contribution in [0.25, 0.3) is 16.8 Å². The largest absolute Gasteiger partial charge is 0.497 e. The fraction of sp³-hybridized carbons (Fsp3) is 0.211. The Morgan fingerprint density at radius 3 is 2.22 bits per heavy atom. The SMILES string of the molecule is COc1ccc(-n2[nH]c(=O)c(-c3ccccc3)c2C(C)C)cc1. The Labute approximate surface area is 135 Å². The first kappa shape index (κ1) is 15.2. The third-order valence-electron chi connectivity index (χ3n) is 3.88. The molecular formula is C19H20N2O2. The summed E-state index contributed by atoms with van der Waals surface area (Å²) in [5.41, 5.74) is 3.48. The molecule has 23 heavy (non-hydrogen) atoms. The molecule has 3 rings (SSSR count). The number of nitrogens with zero attached hydrogens (tertiary/aromatic N) is 1. The van der Waals surface area contributed by atoms with Gasteiger partial charge in [0.25, 0.3) is 5.56 Å². The zero-order chi connectivity index (χ0) is 16.4. The molecule has 0 saturated heterocycles. The molecule has 0 bridgehead atoms. The highest BCUT2D eigenvalue weighted by Gasteiger charge is 2.19. The fourth-order valence-corrected chi connectivity index (χ4v) is 2.81. The van der Waals surface area contributed by atoms with Crippen LogP contribution in [0.2, 0.25) is 0 Å². The first-order valence-electron chi connectivity index (χ1n) is 7.66. The maximum absolute atomic E-state index is 12.6. The van der Waals surface area contributed by atoms with Crippen molar-refractivity contribution in [2.75, 3.05) is 7.11 Å².